The number of aliphatic hydroxyl groups excluding tert-OH is 1. The van der Waals surface area contributed by atoms with E-state index in [2.05, 4.69) is 17.6 Å². The van der Waals surface area contributed by atoms with Gasteiger partial charge in [-0.25, -0.2) is 4.79 Å². The molecule has 0 aliphatic heterocycles. The van der Waals surface area contributed by atoms with Crippen LogP contribution in [0.15, 0.2) is 54.6 Å². The first kappa shape index (κ1) is 17.0. The maximum absolute atomic E-state index is 12.1. The van der Waals surface area contributed by atoms with Crippen molar-refractivity contribution in [3.05, 3.63) is 65.7 Å². The van der Waals surface area contributed by atoms with Gasteiger partial charge in [-0.3, -0.25) is 0 Å². The molecule has 3 N–H and O–H groups in total. The van der Waals surface area contributed by atoms with Crippen molar-refractivity contribution in [2.75, 3.05) is 18.5 Å². The van der Waals surface area contributed by atoms with Crippen molar-refractivity contribution in [1.29, 1.82) is 0 Å². The molecule has 2 rings (SSSR count). The van der Waals surface area contributed by atoms with Gasteiger partial charge in [0.2, 0.25) is 0 Å². The lowest BCUT2D eigenvalue weighted by atomic mass is 9.96. The molecule has 2 aromatic carbocycles. The largest absolute Gasteiger partial charge is 0.396 e. The van der Waals surface area contributed by atoms with E-state index in [1.54, 1.807) is 0 Å². The number of carbonyl (C=O) groups excluding carboxylic acids is 1. The van der Waals surface area contributed by atoms with Crippen molar-refractivity contribution in [2.24, 2.45) is 0 Å². The summed E-state index contributed by atoms with van der Waals surface area (Å²) in [6.45, 7) is 2.65. The number of rotatable bonds is 7. The van der Waals surface area contributed by atoms with Crippen molar-refractivity contribution in [3.8, 4) is 0 Å². The SMILES string of the molecule is CCc1ccccc1NC(=O)NCC(CCO)c1ccccc1. The molecule has 2 aromatic rings. The van der Waals surface area contributed by atoms with Crippen LogP contribution in [0.3, 0.4) is 0 Å². The third-order valence-corrected chi connectivity index (χ3v) is 3.90. The van der Waals surface area contributed by atoms with Gasteiger partial charge < -0.3 is 15.7 Å². The van der Waals surface area contributed by atoms with Gasteiger partial charge in [-0.05, 0) is 30.0 Å². The number of hydrogen-bond acceptors (Lipinski definition) is 2. The fourth-order valence-corrected chi connectivity index (χ4v) is 2.60. The second kappa shape index (κ2) is 8.96. The third-order valence-electron chi connectivity index (χ3n) is 3.90. The summed E-state index contributed by atoms with van der Waals surface area (Å²) in [6, 6.07) is 17.5. The molecular formula is C19H24N2O2. The van der Waals surface area contributed by atoms with Crippen molar-refractivity contribution in [2.45, 2.75) is 25.7 Å². The summed E-state index contributed by atoms with van der Waals surface area (Å²) >= 11 is 0. The highest BCUT2D eigenvalue weighted by Gasteiger charge is 2.13. The van der Waals surface area contributed by atoms with Crippen LogP contribution in [0, 0.1) is 0 Å². The zero-order valence-corrected chi connectivity index (χ0v) is 13.5. The van der Waals surface area contributed by atoms with Gasteiger partial charge in [-0.2, -0.15) is 0 Å². The summed E-state index contributed by atoms with van der Waals surface area (Å²) < 4.78 is 0. The van der Waals surface area contributed by atoms with Crippen LogP contribution >= 0.6 is 0 Å². The van der Waals surface area contributed by atoms with Gasteiger partial charge in [0.05, 0.1) is 0 Å². The second-order valence-electron chi connectivity index (χ2n) is 5.47. The smallest absolute Gasteiger partial charge is 0.319 e. The van der Waals surface area contributed by atoms with Gasteiger partial charge >= 0.3 is 6.03 Å². The molecule has 0 radical (unpaired) electrons. The summed E-state index contributed by atoms with van der Waals surface area (Å²) in [6.07, 6.45) is 1.49. The summed E-state index contributed by atoms with van der Waals surface area (Å²) in [5.74, 6) is 0.105. The summed E-state index contributed by atoms with van der Waals surface area (Å²) in [4.78, 5) is 12.1. The molecule has 0 aliphatic rings. The predicted molar refractivity (Wildman–Crippen MR) is 93.7 cm³/mol. The number of urea groups is 1. The highest BCUT2D eigenvalue weighted by atomic mass is 16.3. The van der Waals surface area contributed by atoms with Crippen molar-refractivity contribution in [3.63, 3.8) is 0 Å². The average molecular weight is 312 g/mol. The highest BCUT2D eigenvalue weighted by molar-refractivity contribution is 5.90. The number of benzene rings is 2. The zero-order valence-electron chi connectivity index (χ0n) is 13.5. The number of aliphatic hydroxyl groups is 1. The molecule has 2 amide bonds. The second-order valence-corrected chi connectivity index (χ2v) is 5.47. The van der Waals surface area contributed by atoms with E-state index >= 15 is 0 Å². The Balaban J connectivity index is 1.94. The lowest BCUT2D eigenvalue weighted by Crippen LogP contribution is -2.33. The standard InChI is InChI=1S/C19H24N2O2/c1-2-15-8-6-7-11-18(15)21-19(23)20-14-17(12-13-22)16-9-4-3-5-10-16/h3-11,17,22H,2,12-14H2,1H3,(H2,20,21,23). The van der Waals surface area contributed by atoms with E-state index in [9.17, 15) is 9.90 Å². The molecule has 1 atom stereocenters. The van der Waals surface area contributed by atoms with Crippen LogP contribution in [0.4, 0.5) is 10.5 Å². The quantitative estimate of drug-likeness (QED) is 0.732. The summed E-state index contributed by atoms with van der Waals surface area (Å²) in [5.41, 5.74) is 3.07. The fraction of sp³-hybridized carbons (Fsp3) is 0.316. The molecule has 0 aliphatic carbocycles. The number of amides is 2. The molecular weight excluding hydrogens is 288 g/mol. The van der Waals surface area contributed by atoms with Crippen molar-refractivity contribution in [1.82, 2.24) is 5.32 Å². The Morgan fingerprint density at radius 3 is 2.48 bits per heavy atom. The van der Waals surface area contributed by atoms with Gasteiger partial charge in [-0.1, -0.05) is 55.5 Å². The van der Waals surface area contributed by atoms with Gasteiger partial charge in [0, 0.05) is 24.8 Å². The van der Waals surface area contributed by atoms with Crippen LogP contribution < -0.4 is 10.6 Å². The first-order valence-electron chi connectivity index (χ1n) is 8.03. The Bertz CT molecular complexity index is 614. The molecule has 0 saturated heterocycles. The van der Waals surface area contributed by atoms with E-state index < -0.39 is 0 Å². The molecule has 4 nitrogen and oxygen atoms in total. The Labute approximate surface area is 137 Å². The highest BCUT2D eigenvalue weighted by Crippen LogP contribution is 2.19. The van der Waals surface area contributed by atoms with Crippen molar-refractivity contribution < 1.29 is 9.90 Å². The molecule has 4 heteroatoms. The van der Waals surface area contributed by atoms with E-state index in [0.29, 0.717) is 13.0 Å². The van der Waals surface area contributed by atoms with Gasteiger partial charge in [0.25, 0.3) is 0 Å². The molecule has 23 heavy (non-hydrogen) atoms. The average Bonchev–Trinajstić information content (AvgIpc) is 2.60. The first-order valence-corrected chi connectivity index (χ1v) is 8.03. The molecule has 122 valence electrons. The minimum atomic E-state index is -0.218. The monoisotopic (exact) mass is 312 g/mol. The predicted octanol–water partition coefficient (Wildman–Crippen LogP) is 3.54. The Morgan fingerprint density at radius 2 is 1.78 bits per heavy atom. The van der Waals surface area contributed by atoms with E-state index in [0.717, 1.165) is 23.2 Å². The number of carbonyl (C=O) groups is 1. The van der Waals surface area contributed by atoms with Crippen LogP contribution in [0.25, 0.3) is 0 Å². The topological polar surface area (TPSA) is 61.4 Å². The normalized spacial score (nSPS) is 11.7. The van der Waals surface area contributed by atoms with E-state index in [1.807, 2.05) is 54.6 Å². The van der Waals surface area contributed by atoms with Crippen LogP contribution in [-0.4, -0.2) is 24.3 Å². The Hall–Kier alpha value is -2.33. The minimum Gasteiger partial charge on any atom is -0.396 e. The van der Waals surface area contributed by atoms with Crippen LogP contribution in [0.2, 0.25) is 0 Å². The third kappa shape index (κ3) is 5.11. The molecule has 0 spiro atoms. The number of hydrogen-bond donors (Lipinski definition) is 3. The van der Waals surface area contributed by atoms with Gasteiger partial charge in [-0.15, -0.1) is 0 Å². The van der Waals surface area contributed by atoms with Crippen molar-refractivity contribution >= 4 is 11.7 Å². The minimum absolute atomic E-state index is 0.0987. The van der Waals surface area contributed by atoms with E-state index in [1.165, 1.54) is 0 Å². The molecule has 1 unspecified atom stereocenters. The molecule has 0 aromatic heterocycles. The summed E-state index contributed by atoms with van der Waals surface area (Å²) in [7, 11) is 0. The Morgan fingerprint density at radius 1 is 1.09 bits per heavy atom. The number of nitrogens with one attached hydrogen (secondary N) is 2. The fourth-order valence-electron chi connectivity index (χ4n) is 2.60. The molecule has 0 bridgehead atoms. The number of anilines is 1. The lowest BCUT2D eigenvalue weighted by Gasteiger charge is -2.18. The maximum atomic E-state index is 12.1. The summed E-state index contributed by atoms with van der Waals surface area (Å²) in [5, 5.41) is 15.0. The molecule has 0 saturated carbocycles. The zero-order chi connectivity index (χ0) is 16.5. The maximum Gasteiger partial charge on any atom is 0.319 e. The Kier molecular flexibility index (Phi) is 6.63. The molecule has 0 heterocycles. The van der Waals surface area contributed by atoms with Gasteiger partial charge in [0.1, 0.15) is 0 Å². The van der Waals surface area contributed by atoms with E-state index in [4.69, 9.17) is 0 Å². The molecule has 0 fully saturated rings. The van der Waals surface area contributed by atoms with Gasteiger partial charge in [0.15, 0.2) is 0 Å². The van der Waals surface area contributed by atoms with Crippen LogP contribution in [-0.2, 0) is 6.42 Å². The van der Waals surface area contributed by atoms with Crippen LogP contribution in [0.1, 0.15) is 30.4 Å². The first-order chi connectivity index (χ1) is 11.2. The number of para-hydroxylation sites is 1. The van der Waals surface area contributed by atoms with Crippen LogP contribution in [0.5, 0.6) is 0 Å². The lowest BCUT2D eigenvalue weighted by molar-refractivity contribution is 0.248. The number of aryl methyl sites for hydroxylation is 1. The van der Waals surface area contributed by atoms with E-state index in [-0.39, 0.29) is 18.6 Å².